The van der Waals surface area contributed by atoms with Crippen LogP contribution in [0.2, 0.25) is 0 Å². The summed E-state index contributed by atoms with van der Waals surface area (Å²) in [5.41, 5.74) is 13.3. The van der Waals surface area contributed by atoms with Gasteiger partial charge in [-0.05, 0) is 136 Å². The lowest BCUT2D eigenvalue weighted by Crippen LogP contribution is -2.06. The lowest BCUT2D eigenvalue weighted by atomic mass is 9.83. The highest BCUT2D eigenvalue weighted by molar-refractivity contribution is 6.25. The first-order valence-electron chi connectivity index (χ1n) is 23.3. The van der Waals surface area contributed by atoms with Gasteiger partial charge in [0.1, 0.15) is 5.65 Å². The van der Waals surface area contributed by atoms with Gasteiger partial charge in [0.15, 0.2) is 0 Å². The highest BCUT2D eigenvalue weighted by Crippen LogP contribution is 2.48. The molecule has 4 nitrogen and oxygen atoms in total. The standard InChI is InChI=1S/C64H38N4/c1-3-17-41-35-44(31-29-39(41)15-1)60-48-21-6-7-22-49(48)61(45-32-30-40-16-2-4-18-42(40)36-45)54-37-43(33-34-50(54)60)53-38-55-47-20-10-13-27-58(47)67(62(55)51-23-8-5-19-46(51)53)64-66-56-25-11-9-24-52(56)63-65-57-26-12-14-28-59(57)68(63)64/h1-38H. The summed E-state index contributed by atoms with van der Waals surface area (Å²) in [6.45, 7) is 0. The molecule has 0 saturated carbocycles. The highest BCUT2D eigenvalue weighted by atomic mass is 15.2. The van der Waals surface area contributed by atoms with Gasteiger partial charge < -0.3 is 0 Å². The second-order valence-corrected chi connectivity index (χ2v) is 18.1. The van der Waals surface area contributed by atoms with E-state index in [2.05, 4.69) is 239 Å². The number of fused-ring (bicyclic) bond motifs is 14. The van der Waals surface area contributed by atoms with Crippen molar-refractivity contribution in [3.05, 3.63) is 231 Å². The van der Waals surface area contributed by atoms with E-state index in [1.165, 1.54) is 92.6 Å². The minimum atomic E-state index is 0.815. The van der Waals surface area contributed by atoms with Crippen molar-refractivity contribution in [2.45, 2.75) is 0 Å². The topological polar surface area (TPSA) is 35.1 Å². The fraction of sp³-hybridized carbons (Fsp3) is 0. The van der Waals surface area contributed by atoms with Crippen LogP contribution in [0.5, 0.6) is 0 Å². The second kappa shape index (κ2) is 14.2. The van der Waals surface area contributed by atoms with E-state index in [1.807, 2.05) is 0 Å². The largest absolute Gasteiger partial charge is 0.278 e. The summed E-state index contributed by atoms with van der Waals surface area (Å²) in [5.74, 6) is 0.815. The number of hydrogen-bond donors (Lipinski definition) is 0. The summed E-state index contributed by atoms with van der Waals surface area (Å²) in [5, 5.41) is 15.6. The maximum atomic E-state index is 5.51. The summed E-state index contributed by atoms with van der Waals surface area (Å²) >= 11 is 0. The minimum Gasteiger partial charge on any atom is -0.278 e. The molecule has 0 N–H and O–H groups in total. The Hall–Kier alpha value is -9.12. The second-order valence-electron chi connectivity index (χ2n) is 18.1. The van der Waals surface area contributed by atoms with Crippen molar-refractivity contribution in [1.29, 1.82) is 0 Å². The van der Waals surface area contributed by atoms with Gasteiger partial charge in [-0.15, -0.1) is 0 Å². The van der Waals surface area contributed by atoms with Gasteiger partial charge in [0.25, 0.3) is 0 Å². The maximum Gasteiger partial charge on any atom is 0.221 e. The first kappa shape index (κ1) is 37.1. The average Bonchev–Trinajstić information content (AvgIpc) is 3.96. The van der Waals surface area contributed by atoms with Crippen molar-refractivity contribution in [1.82, 2.24) is 18.9 Å². The normalized spacial score (nSPS) is 12.1. The van der Waals surface area contributed by atoms with Crippen molar-refractivity contribution in [3.8, 4) is 39.3 Å². The van der Waals surface area contributed by atoms with Crippen LogP contribution < -0.4 is 0 Å². The predicted octanol–water partition coefficient (Wildman–Crippen LogP) is 16.9. The first-order chi connectivity index (χ1) is 33.7. The molecule has 0 amide bonds. The van der Waals surface area contributed by atoms with E-state index in [0.29, 0.717) is 0 Å². The van der Waals surface area contributed by atoms with Crippen LogP contribution in [0.15, 0.2) is 231 Å². The molecule has 4 heteroatoms. The minimum absolute atomic E-state index is 0.815. The summed E-state index contributed by atoms with van der Waals surface area (Å²) in [7, 11) is 0. The molecule has 0 fully saturated rings. The SMILES string of the molecule is c1ccc2cc(-c3c4ccccc4c(-c4ccc5ccccc5c4)c4cc(-c5cc6c7ccccc7n(-c7nc8ccccc8c8nc9ccccc9n78)c6c6ccccc56)ccc34)ccc2c1. The van der Waals surface area contributed by atoms with Crippen molar-refractivity contribution < 1.29 is 0 Å². The molecule has 0 aliphatic heterocycles. The van der Waals surface area contributed by atoms with Gasteiger partial charge in [-0.2, -0.15) is 0 Å². The smallest absolute Gasteiger partial charge is 0.221 e. The van der Waals surface area contributed by atoms with E-state index in [0.717, 1.165) is 50.0 Å². The molecule has 12 aromatic carbocycles. The quantitative estimate of drug-likeness (QED) is 0.165. The molecule has 3 heterocycles. The monoisotopic (exact) mass is 862 g/mol. The summed E-state index contributed by atoms with van der Waals surface area (Å²) < 4.78 is 4.63. The molecule has 0 radical (unpaired) electrons. The van der Waals surface area contributed by atoms with Crippen LogP contribution in [0.1, 0.15) is 0 Å². The zero-order valence-electron chi connectivity index (χ0n) is 36.7. The molecule has 0 aliphatic carbocycles. The van der Waals surface area contributed by atoms with Gasteiger partial charge >= 0.3 is 0 Å². The molecular weight excluding hydrogens is 825 g/mol. The Balaban J connectivity index is 1.05. The van der Waals surface area contributed by atoms with Crippen molar-refractivity contribution in [2.75, 3.05) is 0 Å². The molecule has 0 unspecified atom stereocenters. The lowest BCUT2D eigenvalue weighted by molar-refractivity contribution is 0.982. The molecule has 0 spiro atoms. The van der Waals surface area contributed by atoms with Gasteiger partial charge in [-0.3, -0.25) is 8.97 Å². The Kier molecular flexibility index (Phi) is 7.75. The van der Waals surface area contributed by atoms with Crippen LogP contribution in [0.4, 0.5) is 0 Å². The summed E-state index contributed by atoms with van der Waals surface area (Å²) in [4.78, 5) is 10.7. The number of hydrogen-bond acceptors (Lipinski definition) is 2. The van der Waals surface area contributed by atoms with Gasteiger partial charge in [-0.25, -0.2) is 9.97 Å². The number of aromatic nitrogens is 4. The van der Waals surface area contributed by atoms with Crippen LogP contribution in [-0.2, 0) is 0 Å². The molecule has 0 saturated heterocycles. The number of nitrogens with zero attached hydrogens (tertiary/aromatic N) is 4. The van der Waals surface area contributed by atoms with Gasteiger partial charge in [-0.1, -0.05) is 176 Å². The first-order valence-corrected chi connectivity index (χ1v) is 23.3. The van der Waals surface area contributed by atoms with E-state index < -0.39 is 0 Å². The zero-order valence-corrected chi connectivity index (χ0v) is 36.7. The third-order valence-corrected chi connectivity index (χ3v) is 14.4. The van der Waals surface area contributed by atoms with E-state index in [-0.39, 0.29) is 0 Å². The molecule has 0 bridgehead atoms. The Morgan fingerprint density at radius 3 is 1.51 bits per heavy atom. The Labute approximate surface area is 390 Å². The Morgan fingerprint density at radius 1 is 0.294 bits per heavy atom. The fourth-order valence-corrected chi connectivity index (χ4v) is 11.4. The van der Waals surface area contributed by atoms with Crippen LogP contribution >= 0.6 is 0 Å². The van der Waals surface area contributed by atoms with Crippen molar-refractivity contribution >= 4 is 103 Å². The van der Waals surface area contributed by atoms with E-state index >= 15 is 0 Å². The number of benzene rings is 12. The van der Waals surface area contributed by atoms with Gasteiger partial charge in [0.2, 0.25) is 5.95 Å². The molecule has 0 atom stereocenters. The molecular formula is C64H38N4. The van der Waals surface area contributed by atoms with Crippen molar-refractivity contribution in [2.24, 2.45) is 0 Å². The van der Waals surface area contributed by atoms with Crippen LogP contribution in [-0.4, -0.2) is 18.9 Å². The molecule has 68 heavy (non-hydrogen) atoms. The van der Waals surface area contributed by atoms with E-state index in [1.54, 1.807) is 0 Å². The summed E-state index contributed by atoms with van der Waals surface area (Å²) in [6.07, 6.45) is 0. The Morgan fingerprint density at radius 2 is 0.809 bits per heavy atom. The molecule has 0 aliphatic rings. The molecule has 3 aromatic heterocycles. The van der Waals surface area contributed by atoms with Crippen molar-refractivity contribution in [3.63, 3.8) is 0 Å². The highest BCUT2D eigenvalue weighted by Gasteiger charge is 2.24. The molecule has 314 valence electrons. The Bertz CT molecular complexity index is 4630. The molecule has 15 aromatic rings. The third-order valence-electron chi connectivity index (χ3n) is 14.4. The van der Waals surface area contributed by atoms with Crippen LogP contribution in [0, 0.1) is 0 Å². The van der Waals surface area contributed by atoms with Gasteiger partial charge in [0.05, 0.1) is 27.6 Å². The average molecular weight is 863 g/mol. The number of para-hydroxylation sites is 4. The number of rotatable bonds is 4. The van der Waals surface area contributed by atoms with Crippen LogP contribution in [0.25, 0.3) is 143 Å². The maximum absolute atomic E-state index is 5.51. The lowest BCUT2D eigenvalue weighted by Gasteiger charge is -2.20. The zero-order chi connectivity index (χ0) is 44.5. The van der Waals surface area contributed by atoms with E-state index in [9.17, 15) is 0 Å². The molecule has 15 rings (SSSR count). The van der Waals surface area contributed by atoms with Crippen LogP contribution in [0.3, 0.4) is 0 Å². The summed E-state index contributed by atoms with van der Waals surface area (Å²) in [6, 6.07) is 84.3. The fourth-order valence-electron chi connectivity index (χ4n) is 11.4. The van der Waals surface area contributed by atoms with E-state index in [4.69, 9.17) is 9.97 Å². The third kappa shape index (κ3) is 5.31. The predicted molar refractivity (Wildman–Crippen MR) is 286 cm³/mol. The number of imidazole rings is 1. The van der Waals surface area contributed by atoms with Gasteiger partial charge in [0, 0.05) is 21.5 Å².